The molecule has 10 heteroatoms. The number of phosphoric acid groups is 1. The Kier molecular flexibility index (Phi) is 29.3. The number of nitrogens with zero attached hydrogens (tertiary/aromatic N) is 1. The minimum atomic E-state index is -4.64. The van der Waals surface area contributed by atoms with E-state index in [9.17, 15) is 19.0 Å². The number of likely N-dealkylation sites (N-methyl/N-ethyl adjacent to an activating group) is 1. The highest BCUT2D eigenvalue weighted by molar-refractivity contribution is 7.45. The number of unbranched alkanes of at least 4 members (excludes halogenated alkanes) is 8. The van der Waals surface area contributed by atoms with Crippen LogP contribution in [0.15, 0.2) is 60.8 Å². The van der Waals surface area contributed by atoms with Gasteiger partial charge in [-0.2, -0.15) is 0 Å². The van der Waals surface area contributed by atoms with E-state index >= 15 is 0 Å². The fraction of sp³-hybridized carbons (Fsp3) is 0.684. The van der Waals surface area contributed by atoms with E-state index in [0.717, 1.165) is 44.9 Å². The van der Waals surface area contributed by atoms with Crippen molar-refractivity contribution in [2.24, 2.45) is 0 Å². The van der Waals surface area contributed by atoms with Crippen molar-refractivity contribution in [1.29, 1.82) is 0 Å². The molecule has 0 amide bonds. The van der Waals surface area contributed by atoms with Crippen LogP contribution in [0.25, 0.3) is 0 Å². The Hall–Kier alpha value is -2.29. The van der Waals surface area contributed by atoms with Crippen molar-refractivity contribution in [3.05, 3.63) is 60.8 Å². The van der Waals surface area contributed by atoms with Gasteiger partial charge in [-0.25, -0.2) is 0 Å². The summed E-state index contributed by atoms with van der Waals surface area (Å²) in [6.45, 7) is 3.93. The Labute approximate surface area is 292 Å². The Morgan fingerprint density at radius 2 is 1.17 bits per heavy atom. The number of quaternary nitrogens is 1. The first kappa shape index (κ1) is 45.7. The highest BCUT2D eigenvalue weighted by Gasteiger charge is 2.21. The number of rotatable bonds is 31. The number of phosphoric ester groups is 1. The Balaban J connectivity index is 4.65. The van der Waals surface area contributed by atoms with Crippen LogP contribution < -0.4 is 4.89 Å². The Bertz CT molecular complexity index is 1010. The van der Waals surface area contributed by atoms with Gasteiger partial charge in [0, 0.05) is 6.42 Å². The summed E-state index contributed by atoms with van der Waals surface area (Å²) in [6.07, 6.45) is 34.3. The maximum absolute atomic E-state index is 12.5. The number of carbonyl (C=O) groups is 2. The molecule has 0 bridgehead atoms. The molecule has 0 aliphatic rings. The molecule has 0 fully saturated rings. The molecule has 2 unspecified atom stereocenters. The van der Waals surface area contributed by atoms with Crippen LogP contribution in [0, 0.1) is 0 Å². The molecule has 0 N–H and O–H groups in total. The van der Waals surface area contributed by atoms with Crippen molar-refractivity contribution < 1.29 is 42.1 Å². The fourth-order valence-electron chi connectivity index (χ4n) is 4.26. The first-order chi connectivity index (χ1) is 23.0. The van der Waals surface area contributed by atoms with Gasteiger partial charge in [0.2, 0.25) is 0 Å². The zero-order valence-electron chi connectivity index (χ0n) is 30.7. The van der Waals surface area contributed by atoms with E-state index in [0.29, 0.717) is 23.9 Å². The number of hydrogen-bond acceptors (Lipinski definition) is 8. The summed E-state index contributed by atoms with van der Waals surface area (Å²) >= 11 is 0. The van der Waals surface area contributed by atoms with Gasteiger partial charge in [-0.15, -0.1) is 0 Å². The van der Waals surface area contributed by atoms with E-state index in [4.69, 9.17) is 18.5 Å². The zero-order chi connectivity index (χ0) is 35.8. The monoisotopic (exact) mass is 695 g/mol. The fourth-order valence-corrected chi connectivity index (χ4v) is 4.99. The second-order valence-electron chi connectivity index (χ2n) is 12.9. The zero-order valence-corrected chi connectivity index (χ0v) is 31.5. The largest absolute Gasteiger partial charge is 0.756 e. The lowest BCUT2D eigenvalue weighted by Crippen LogP contribution is -2.37. The quantitative estimate of drug-likeness (QED) is 0.0233. The van der Waals surface area contributed by atoms with Crippen LogP contribution in [0.3, 0.4) is 0 Å². The second-order valence-corrected chi connectivity index (χ2v) is 14.3. The van der Waals surface area contributed by atoms with E-state index in [1.165, 1.54) is 32.1 Å². The van der Waals surface area contributed by atoms with Crippen LogP contribution in [0.4, 0.5) is 0 Å². The summed E-state index contributed by atoms with van der Waals surface area (Å²) in [5, 5.41) is 0. The molecule has 0 aromatic rings. The van der Waals surface area contributed by atoms with Gasteiger partial charge in [-0.3, -0.25) is 14.2 Å². The Morgan fingerprint density at radius 3 is 1.69 bits per heavy atom. The predicted molar refractivity (Wildman–Crippen MR) is 194 cm³/mol. The summed E-state index contributed by atoms with van der Waals surface area (Å²) in [5.74, 6) is -0.993. The minimum Gasteiger partial charge on any atom is -0.756 e. The normalized spacial score (nSPS) is 14.5. The van der Waals surface area contributed by atoms with Gasteiger partial charge in [0.25, 0.3) is 7.82 Å². The van der Waals surface area contributed by atoms with Crippen LogP contribution in [-0.2, 0) is 32.7 Å². The van der Waals surface area contributed by atoms with Crippen molar-refractivity contribution in [3.63, 3.8) is 0 Å². The number of esters is 2. The van der Waals surface area contributed by atoms with Gasteiger partial charge < -0.3 is 27.9 Å². The van der Waals surface area contributed by atoms with E-state index < -0.39 is 32.5 Å². The second kappa shape index (κ2) is 30.7. The lowest BCUT2D eigenvalue weighted by Gasteiger charge is -2.28. The SMILES string of the molecule is CC/C=C\C/C=C\C/C=C\C/C=C\C/C=C\CC(=O)OC(COC(=O)CCCCCCCCCCC)COP(=O)([O-])OCC[N+](C)(C)C. The summed E-state index contributed by atoms with van der Waals surface area (Å²) in [5.41, 5.74) is 0. The van der Waals surface area contributed by atoms with Gasteiger partial charge in [0.05, 0.1) is 34.2 Å². The molecule has 0 aliphatic heterocycles. The number of allylic oxidation sites excluding steroid dienone is 9. The van der Waals surface area contributed by atoms with Gasteiger partial charge in [-0.05, 0) is 38.5 Å². The third-order valence-electron chi connectivity index (χ3n) is 7.09. The van der Waals surface area contributed by atoms with Gasteiger partial charge in [0.1, 0.15) is 19.8 Å². The topological polar surface area (TPSA) is 111 Å². The first-order valence-electron chi connectivity index (χ1n) is 18.0. The smallest absolute Gasteiger partial charge is 0.310 e. The molecule has 9 nitrogen and oxygen atoms in total. The molecule has 0 saturated heterocycles. The molecule has 276 valence electrons. The number of hydrogen-bond donors (Lipinski definition) is 0. The van der Waals surface area contributed by atoms with E-state index in [1.54, 1.807) is 6.08 Å². The van der Waals surface area contributed by atoms with Crippen molar-refractivity contribution >= 4 is 19.8 Å². The molecule has 48 heavy (non-hydrogen) atoms. The molecular weight excluding hydrogens is 629 g/mol. The first-order valence-corrected chi connectivity index (χ1v) is 19.5. The average Bonchev–Trinajstić information content (AvgIpc) is 3.02. The highest BCUT2D eigenvalue weighted by atomic mass is 31.2. The molecule has 0 spiro atoms. The van der Waals surface area contributed by atoms with Crippen LogP contribution in [0.5, 0.6) is 0 Å². The van der Waals surface area contributed by atoms with Crippen LogP contribution in [0.2, 0.25) is 0 Å². The number of ether oxygens (including phenoxy) is 2. The van der Waals surface area contributed by atoms with Gasteiger partial charge in [0.15, 0.2) is 6.10 Å². The van der Waals surface area contributed by atoms with Gasteiger partial charge >= 0.3 is 11.9 Å². The van der Waals surface area contributed by atoms with Crippen LogP contribution in [0.1, 0.15) is 117 Å². The molecular formula is C38H66NO8P. The maximum Gasteiger partial charge on any atom is 0.310 e. The molecule has 0 radical (unpaired) electrons. The average molecular weight is 696 g/mol. The molecule has 0 saturated carbocycles. The standard InChI is InChI=1S/C38H66NO8P/c1-6-8-10-12-14-16-17-18-19-20-21-23-25-27-29-31-38(41)47-36(35-46-48(42,43)45-33-32-39(3,4)5)34-44-37(40)30-28-26-24-22-15-13-11-9-7-2/h8,10,14,16,18-19,21,23,27,29,36H,6-7,9,11-13,15,17,20,22,24-26,28,30-35H2,1-5H3/b10-8-,16-14-,19-18-,23-21-,29-27-. The van der Waals surface area contributed by atoms with Crippen molar-refractivity contribution in [1.82, 2.24) is 0 Å². The van der Waals surface area contributed by atoms with Crippen molar-refractivity contribution in [2.45, 2.75) is 123 Å². The van der Waals surface area contributed by atoms with Crippen LogP contribution >= 0.6 is 7.82 Å². The van der Waals surface area contributed by atoms with E-state index in [-0.39, 0.29) is 26.1 Å². The van der Waals surface area contributed by atoms with E-state index in [1.807, 2.05) is 33.3 Å². The predicted octanol–water partition coefficient (Wildman–Crippen LogP) is 8.71. The molecule has 0 heterocycles. The van der Waals surface area contributed by atoms with Crippen molar-refractivity contribution in [2.75, 3.05) is 47.5 Å². The highest BCUT2D eigenvalue weighted by Crippen LogP contribution is 2.38. The maximum atomic E-state index is 12.5. The molecule has 0 aromatic heterocycles. The number of carbonyl (C=O) groups excluding carboxylic acids is 2. The molecule has 2 atom stereocenters. The van der Waals surface area contributed by atoms with Crippen molar-refractivity contribution in [3.8, 4) is 0 Å². The van der Waals surface area contributed by atoms with E-state index in [2.05, 4.69) is 56.4 Å². The lowest BCUT2D eigenvalue weighted by atomic mass is 10.1. The summed E-state index contributed by atoms with van der Waals surface area (Å²) in [7, 11) is 1.10. The summed E-state index contributed by atoms with van der Waals surface area (Å²) in [4.78, 5) is 37.1. The summed E-state index contributed by atoms with van der Waals surface area (Å²) < 4.78 is 33.5. The third kappa shape index (κ3) is 33.6. The Morgan fingerprint density at radius 1 is 0.667 bits per heavy atom. The lowest BCUT2D eigenvalue weighted by molar-refractivity contribution is -0.870. The molecule has 0 aromatic carbocycles. The molecule has 0 rings (SSSR count). The van der Waals surface area contributed by atoms with Gasteiger partial charge in [-0.1, -0.05) is 126 Å². The van der Waals surface area contributed by atoms with Crippen LogP contribution in [-0.4, -0.2) is 70.0 Å². The summed E-state index contributed by atoms with van der Waals surface area (Å²) in [6, 6.07) is 0. The molecule has 0 aliphatic carbocycles. The third-order valence-corrected chi connectivity index (χ3v) is 8.05. The minimum absolute atomic E-state index is 0.00848.